The Morgan fingerprint density at radius 3 is 2.32 bits per heavy atom. The molecule has 2 heterocycles. The van der Waals surface area contributed by atoms with Crippen molar-refractivity contribution >= 4 is 11.7 Å². The second-order valence-corrected chi connectivity index (χ2v) is 7.41. The third-order valence-corrected chi connectivity index (χ3v) is 5.38. The molecule has 1 atom stereocenters. The Balaban J connectivity index is 1.66. The highest BCUT2D eigenvalue weighted by Gasteiger charge is 2.43. The monoisotopic (exact) mass is 416 g/mol. The SMILES string of the molecule is O=C(CCc1ccccc1)C1=C(O)C(=O)N(Cc2ccncc2)C1c1ccc(F)cc1. The minimum absolute atomic E-state index is 0.0570. The van der Waals surface area contributed by atoms with Crippen LogP contribution in [0.4, 0.5) is 4.39 Å². The van der Waals surface area contributed by atoms with Gasteiger partial charge in [0.15, 0.2) is 11.5 Å². The highest BCUT2D eigenvalue weighted by atomic mass is 19.1. The molecule has 6 heteroatoms. The standard InChI is InChI=1S/C25H21FN2O3/c26-20-9-7-19(8-10-20)23-22(21(29)11-6-17-4-2-1-3-5-17)24(30)25(31)28(23)16-18-12-14-27-15-13-18/h1-5,7-10,12-15,23,30H,6,11,16H2. The van der Waals surface area contributed by atoms with Gasteiger partial charge >= 0.3 is 0 Å². The van der Waals surface area contributed by atoms with Crippen molar-refractivity contribution in [2.24, 2.45) is 0 Å². The third kappa shape index (κ3) is 4.38. The molecule has 5 nitrogen and oxygen atoms in total. The van der Waals surface area contributed by atoms with Crippen molar-refractivity contribution in [3.8, 4) is 0 Å². The molecular formula is C25H21FN2O3. The predicted molar refractivity (Wildman–Crippen MR) is 113 cm³/mol. The van der Waals surface area contributed by atoms with Gasteiger partial charge in [-0.3, -0.25) is 14.6 Å². The number of amides is 1. The number of aryl methyl sites for hydroxylation is 1. The number of pyridine rings is 1. The molecule has 1 N–H and O–H groups in total. The number of carbonyl (C=O) groups is 2. The summed E-state index contributed by atoms with van der Waals surface area (Å²) in [6.45, 7) is 0.183. The molecule has 1 aliphatic rings. The molecule has 0 bridgehead atoms. The van der Waals surface area contributed by atoms with Crippen LogP contribution in [0.3, 0.4) is 0 Å². The highest BCUT2D eigenvalue weighted by molar-refractivity contribution is 6.09. The van der Waals surface area contributed by atoms with Crippen LogP contribution >= 0.6 is 0 Å². The maximum atomic E-state index is 13.5. The fourth-order valence-electron chi connectivity index (χ4n) is 3.82. The van der Waals surface area contributed by atoms with Crippen LogP contribution in [0.5, 0.6) is 0 Å². The van der Waals surface area contributed by atoms with Crippen LogP contribution in [0, 0.1) is 5.82 Å². The summed E-state index contributed by atoms with van der Waals surface area (Å²) in [6.07, 6.45) is 3.87. The molecule has 156 valence electrons. The minimum atomic E-state index is -0.787. The van der Waals surface area contributed by atoms with Crippen molar-refractivity contribution in [3.63, 3.8) is 0 Å². The quantitative estimate of drug-likeness (QED) is 0.623. The van der Waals surface area contributed by atoms with Crippen molar-refractivity contribution in [3.05, 3.63) is 113 Å². The van der Waals surface area contributed by atoms with Gasteiger partial charge < -0.3 is 10.0 Å². The number of aliphatic hydroxyl groups is 1. The Hall–Kier alpha value is -3.80. The number of hydrogen-bond acceptors (Lipinski definition) is 4. The fraction of sp³-hybridized carbons (Fsp3) is 0.160. The van der Waals surface area contributed by atoms with Crippen LogP contribution in [0.2, 0.25) is 0 Å². The lowest BCUT2D eigenvalue weighted by molar-refractivity contribution is -0.130. The number of rotatable bonds is 7. The first kappa shape index (κ1) is 20.5. The number of hydrogen-bond donors (Lipinski definition) is 1. The van der Waals surface area contributed by atoms with Gasteiger partial charge in [-0.15, -0.1) is 0 Å². The molecule has 1 unspecified atom stereocenters. The van der Waals surface area contributed by atoms with Crippen LogP contribution in [0.15, 0.2) is 90.5 Å². The second-order valence-electron chi connectivity index (χ2n) is 7.41. The van der Waals surface area contributed by atoms with E-state index in [9.17, 15) is 19.1 Å². The van der Waals surface area contributed by atoms with Crippen LogP contribution in [0.25, 0.3) is 0 Å². The van der Waals surface area contributed by atoms with Crippen LogP contribution in [-0.4, -0.2) is 26.7 Å². The number of halogens is 1. The minimum Gasteiger partial charge on any atom is -0.503 e. The van der Waals surface area contributed by atoms with Gasteiger partial charge in [-0.1, -0.05) is 42.5 Å². The maximum absolute atomic E-state index is 13.5. The third-order valence-electron chi connectivity index (χ3n) is 5.38. The molecule has 31 heavy (non-hydrogen) atoms. The molecule has 0 saturated carbocycles. The molecular weight excluding hydrogens is 395 g/mol. The van der Waals surface area contributed by atoms with Gasteiger partial charge in [-0.2, -0.15) is 0 Å². The number of benzene rings is 2. The van der Waals surface area contributed by atoms with E-state index in [4.69, 9.17) is 0 Å². The molecule has 0 radical (unpaired) electrons. The number of aromatic nitrogens is 1. The van der Waals surface area contributed by atoms with E-state index in [1.54, 1.807) is 24.5 Å². The summed E-state index contributed by atoms with van der Waals surface area (Å²) in [5.41, 5.74) is 2.42. The summed E-state index contributed by atoms with van der Waals surface area (Å²) in [7, 11) is 0. The lowest BCUT2D eigenvalue weighted by atomic mass is 9.93. The fourth-order valence-corrected chi connectivity index (χ4v) is 3.82. The summed E-state index contributed by atoms with van der Waals surface area (Å²) < 4.78 is 13.5. The number of aliphatic hydroxyl groups excluding tert-OH is 1. The molecule has 2 aromatic carbocycles. The molecule has 0 saturated heterocycles. The molecule has 1 aliphatic heterocycles. The first-order valence-corrected chi connectivity index (χ1v) is 10.00. The maximum Gasteiger partial charge on any atom is 0.290 e. The Labute approximate surface area is 179 Å². The smallest absolute Gasteiger partial charge is 0.290 e. The molecule has 0 spiro atoms. The number of carbonyl (C=O) groups excluding carboxylic acids is 2. The van der Waals surface area contributed by atoms with Gasteiger partial charge in [0.05, 0.1) is 11.6 Å². The zero-order valence-electron chi connectivity index (χ0n) is 16.7. The number of nitrogens with zero attached hydrogens (tertiary/aromatic N) is 2. The Morgan fingerprint density at radius 2 is 1.65 bits per heavy atom. The van der Waals surface area contributed by atoms with Gasteiger partial charge in [-0.25, -0.2) is 4.39 Å². The molecule has 4 rings (SSSR count). The molecule has 0 fully saturated rings. The van der Waals surface area contributed by atoms with E-state index in [2.05, 4.69) is 4.98 Å². The largest absolute Gasteiger partial charge is 0.503 e. The van der Waals surface area contributed by atoms with E-state index < -0.39 is 23.5 Å². The van der Waals surface area contributed by atoms with Crippen molar-refractivity contribution in [2.75, 3.05) is 0 Å². The normalized spacial score (nSPS) is 16.1. The summed E-state index contributed by atoms with van der Waals surface area (Å²) in [6, 6.07) is 17.9. The first-order chi connectivity index (χ1) is 15.0. The zero-order chi connectivity index (χ0) is 21.8. The predicted octanol–water partition coefficient (Wildman–Crippen LogP) is 4.32. The average Bonchev–Trinajstić information content (AvgIpc) is 3.04. The van der Waals surface area contributed by atoms with E-state index in [-0.39, 0.29) is 24.3 Å². The van der Waals surface area contributed by atoms with E-state index in [1.165, 1.54) is 29.2 Å². The van der Waals surface area contributed by atoms with E-state index in [0.29, 0.717) is 12.0 Å². The van der Waals surface area contributed by atoms with Crippen LogP contribution in [-0.2, 0) is 22.6 Å². The van der Waals surface area contributed by atoms with Gasteiger partial charge in [0.2, 0.25) is 0 Å². The van der Waals surface area contributed by atoms with Crippen molar-refractivity contribution in [1.29, 1.82) is 0 Å². The molecule has 1 amide bonds. The molecule has 0 aliphatic carbocycles. The lowest BCUT2D eigenvalue weighted by Gasteiger charge is -2.27. The van der Waals surface area contributed by atoms with E-state index in [0.717, 1.165) is 11.1 Å². The Bertz CT molecular complexity index is 1110. The van der Waals surface area contributed by atoms with E-state index in [1.807, 2.05) is 30.3 Å². The summed E-state index contributed by atoms with van der Waals surface area (Å²) >= 11 is 0. The van der Waals surface area contributed by atoms with E-state index >= 15 is 0 Å². The highest BCUT2D eigenvalue weighted by Crippen LogP contribution is 2.39. The number of Topliss-reactive ketones (excluding diaryl/α,β-unsaturated/α-hetero) is 1. The summed E-state index contributed by atoms with van der Waals surface area (Å²) in [4.78, 5) is 31.5. The van der Waals surface area contributed by atoms with Crippen LogP contribution in [0.1, 0.15) is 29.2 Å². The number of ketones is 1. The first-order valence-electron chi connectivity index (χ1n) is 10.00. The zero-order valence-corrected chi connectivity index (χ0v) is 16.7. The van der Waals surface area contributed by atoms with Crippen molar-refractivity contribution in [2.45, 2.75) is 25.4 Å². The second kappa shape index (κ2) is 8.92. The summed E-state index contributed by atoms with van der Waals surface area (Å²) in [5.74, 6) is -1.88. The van der Waals surface area contributed by atoms with Crippen molar-refractivity contribution < 1.29 is 19.1 Å². The Morgan fingerprint density at radius 1 is 0.968 bits per heavy atom. The Kier molecular flexibility index (Phi) is 5.89. The van der Waals surface area contributed by atoms with Gasteiger partial charge in [0.25, 0.3) is 5.91 Å². The average molecular weight is 416 g/mol. The summed E-state index contributed by atoms with van der Waals surface area (Å²) in [5, 5.41) is 10.6. The lowest BCUT2D eigenvalue weighted by Crippen LogP contribution is -2.30. The molecule has 1 aromatic heterocycles. The molecule has 3 aromatic rings. The van der Waals surface area contributed by atoms with Crippen LogP contribution < -0.4 is 0 Å². The van der Waals surface area contributed by atoms with Gasteiger partial charge in [0, 0.05) is 25.4 Å². The van der Waals surface area contributed by atoms with Gasteiger partial charge in [0.1, 0.15) is 5.82 Å². The van der Waals surface area contributed by atoms with Crippen molar-refractivity contribution in [1.82, 2.24) is 9.88 Å². The van der Waals surface area contributed by atoms with Gasteiger partial charge in [-0.05, 0) is 47.4 Å². The topological polar surface area (TPSA) is 70.5 Å².